The monoisotopic (exact) mass is 432 g/mol. The Labute approximate surface area is 175 Å². The lowest BCUT2D eigenvalue weighted by Crippen LogP contribution is -2.50. The van der Waals surface area contributed by atoms with Crippen LogP contribution in [0.3, 0.4) is 0 Å². The van der Waals surface area contributed by atoms with Gasteiger partial charge in [-0.05, 0) is 49.7 Å². The zero-order valence-electron chi connectivity index (χ0n) is 16.8. The Bertz CT molecular complexity index is 1020. The fourth-order valence-electron chi connectivity index (χ4n) is 3.03. The van der Waals surface area contributed by atoms with Gasteiger partial charge in [-0.2, -0.15) is 0 Å². The molecule has 1 aliphatic rings. The summed E-state index contributed by atoms with van der Waals surface area (Å²) in [7, 11) is -4.00. The number of carbonyl (C=O) groups excluding carboxylic acids is 2. The van der Waals surface area contributed by atoms with Gasteiger partial charge in [0.05, 0.1) is 29.3 Å². The maximum absolute atomic E-state index is 13.4. The van der Waals surface area contributed by atoms with Gasteiger partial charge in [0.1, 0.15) is 5.75 Å². The van der Waals surface area contributed by atoms with Gasteiger partial charge in [0.25, 0.3) is 15.9 Å². The molecule has 0 fully saturated rings. The van der Waals surface area contributed by atoms with E-state index in [0.29, 0.717) is 18.0 Å². The van der Waals surface area contributed by atoms with Gasteiger partial charge >= 0.3 is 5.97 Å². The van der Waals surface area contributed by atoms with Gasteiger partial charge in [-0.25, -0.2) is 13.2 Å². The third-order valence-corrected chi connectivity index (χ3v) is 6.32. The average molecular weight is 432 g/mol. The minimum atomic E-state index is -4.00. The zero-order valence-corrected chi connectivity index (χ0v) is 17.6. The molecule has 0 spiro atoms. The summed E-state index contributed by atoms with van der Waals surface area (Å²) in [5.41, 5.74) is 0.613. The van der Waals surface area contributed by atoms with Crippen molar-refractivity contribution in [1.82, 2.24) is 5.32 Å². The van der Waals surface area contributed by atoms with E-state index in [2.05, 4.69) is 5.32 Å². The first-order valence-electron chi connectivity index (χ1n) is 9.71. The molecule has 1 atom stereocenters. The van der Waals surface area contributed by atoms with Crippen molar-refractivity contribution in [1.29, 1.82) is 0 Å². The Morgan fingerprint density at radius 2 is 1.83 bits per heavy atom. The Morgan fingerprint density at radius 3 is 2.50 bits per heavy atom. The van der Waals surface area contributed by atoms with Crippen LogP contribution in [0.5, 0.6) is 5.75 Å². The Kier molecular flexibility index (Phi) is 6.61. The summed E-state index contributed by atoms with van der Waals surface area (Å²) in [5.74, 6) is -0.581. The van der Waals surface area contributed by atoms with Gasteiger partial charge in [-0.15, -0.1) is 0 Å². The summed E-state index contributed by atoms with van der Waals surface area (Å²) in [6.07, 6.45) is -0.218. The Morgan fingerprint density at radius 1 is 1.13 bits per heavy atom. The number of hydrogen-bond acceptors (Lipinski definition) is 6. The number of nitrogens with one attached hydrogen (secondary N) is 1. The van der Waals surface area contributed by atoms with Crippen molar-refractivity contribution in [2.45, 2.75) is 31.3 Å². The molecular formula is C21H24N2O6S. The molecule has 0 saturated heterocycles. The topological polar surface area (TPSA) is 102 Å². The van der Waals surface area contributed by atoms with E-state index in [9.17, 15) is 18.0 Å². The molecule has 0 aromatic heterocycles. The number of anilines is 1. The summed E-state index contributed by atoms with van der Waals surface area (Å²) in [6.45, 7) is 4.16. The molecule has 1 N–H and O–H groups in total. The van der Waals surface area contributed by atoms with Crippen LogP contribution in [0, 0.1) is 0 Å². The van der Waals surface area contributed by atoms with E-state index in [1.165, 1.54) is 28.6 Å². The Hall–Kier alpha value is -3.07. The van der Waals surface area contributed by atoms with Crippen LogP contribution >= 0.6 is 0 Å². The first-order chi connectivity index (χ1) is 14.4. The van der Waals surface area contributed by atoms with Gasteiger partial charge in [-0.3, -0.25) is 9.10 Å². The molecule has 1 amide bonds. The number of amides is 1. The minimum absolute atomic E-state index is 0.0000297. The highest BCUT2D eigenvalue weighted by molar-refractivity contribution is 7.92. The first-order valence-corrected chi connectivity index (χ1v) is 11.2. The highest BCUT2D eigenvalue weighted by Crippen LogP contribution is 2.36. The van der Waals surface area contributed by atoms with Crippen molar-refractivity contribution in [3.63, 3.8) is 0 Å². The number of hydrogen-bond donors (Lipinski definition) is 1. The highest BCUT2D eigenvalue weighted by Gasteiger charge is 2.37. The van der Waals surface area contributed by atoms with Gasteiger partial charge in [0.15, 0.2) is 6.10 Å². The van der Waals surface area contributed by atoms with E-state index in [-0.39, 0.29) is 29.5 Å². The Balaban J connectivity index is 1.93. The number of fused-ring (bicyclic) bond motifs is 1. The van der Waals surface area contributed by atoms with Crippen molar-refractivity contribution in [3.05, 3.63) is 54.1 Å². The van der Waals surface area contributed by atoms with E-state index in [1.807, 2.05) is 6.92 Å². The van der Waals surface area contributed by atoms with Crippen molar-refractivity contribution >= 4 is 27.6 Å². The molecule has 0 unspecified atom stereocenters. The fourth-order valence-corrected chi connectivity index (χ4v) is 4.51. The standard InChI is InChI=1S/C21H24N2O6S/c1-3-13-22-20(24)19-14-23(17-7-5-6-8-18(17)29-19)30(26,27)16-11-9-15(10-12-16)21(25)28-4-2/h5-12,19H,3-4,13-14H2,1-2H3,(H,22,24)/t19-/m1/s1. The molecule has 3 rings (SSSR count). The van der Waals surface area contributed by atoms with Crippen LogP contribution in [0.15, 0.2) is 53.4 Å². The van der Waals surface area contributed by atoms with Crippen LogP contribution < -0.4 is 14.4 Å². The number of esters is 1. The number of benzene rings is 2. The second-order valence-electron chi connectivity index (χ2n) is 6.65. The van der Waals surface area contributed by atoms with Crippen molar-refractivity contribution < 1.29 is 27.5 Å². The zero-order chi connectivity index (χ0) is 21.7. The van der Waals surface area contributed by atoms with Crippen molar-refractivity contribution in [2.75, 3.05) is 24.0 Å². The number of rotatable bonds is 7. The predicted octanol–water partition coefficient (Wildman–Crippen LogP) is 2.35. The van der Waals surface area contributed by atoms with E-state index in [4.69, 9.17) is 9.47 Å². The molecule has 2 aromatic carbocycles. The molecule has 0 aliphatic carbocycles. The molecule has 2 aromatic rings. The molecule has 0 bridgehead atoms. The molecule has 160 valence electrons. The summed E-state index contributed by atoms with van der Waals surface area (Å²) in [6, 6.07) is 12.2. The number of carbonyl (C=O) groups is 2. The van der Waals surface area contributed by atoms with E-state index in [1.54, 1.807) is 31.2 Å². The molecule has 0 radical (unpaired) electrons. The first kappa shape index (κ1) is 21.6. The van der Waals surface area contributed by atoms with Crippen LogP contribution in [-0.2, 0) is 19.6 Å². The number of para-hydroxylation sites is 2. The quantitative estimate of drug-likeness (QED) is 0.674. The summed E-state index contributed by atoms with van der Waals surface area (Å²) >= 11 is 0. The van der Waals surface area contributed by atoms with Crippen molar-refractivity contribution in [3.8, 4) is 5.75 Å². The fraction of sp³-hybridized carbons (Fsp3) is 0.333. The maximum Gasteiger partial charge on any atom is 0.338 e. The molecule has 1 aliphatic heterocycles. The van der Waals surface area contributed by atoms with E-state index in [0.717, 1.165) is 6.42 Å². The molecule has 9 heteroatoms. The maximum atomic E-state index is 13.4. The second kappa shape index (κ2) is 9.17. The third-order valence-electron chi connectivity index (χ3n) is 4.53. The van der Waals surface area contributed by atoms with Crippen LogP contribution in [-0.4, -0.2) is 46.1 Å². The van der Waals surface area contributed by atoms with Crippen LogP contribution in [0.4, 0.5) is 5.69 Å². The summed E-state index contributed by atoms with van der Waals surface area (Å²) in [4.78, 5) is 24.3. The lowest BCUT2D eigenvalue weighted by atomic mass is 10.2. The molecule has 0 saturated carbocycles. The average Bonchev–Trinajstić information content (AvgIpc) is 2.76. The number of ether oxygens (including phenoxy) is 2. The molecular weight excluding hydrogens is 408 g/mol. The van der Waals surface area contributed by atoms with Gasteiger partial charge in [0, 0.05) is 6.54 Å². The molecule has 1 heterocycles. The summed E-state index contributed by atoms with van der Waals surface area (Å²) < 4.78 is 38.6. The van der Waals surface area contributed by atoms with E-state index >= 15 is 0 Å². The molecule has 30 heavy (non-hydrogen) atoms. The van der Waals surface area contributed by atoms with Crippen LogP contribution in [0.25, 0.3) is 0 Å². The normalized spacial score (nSPS) is 15.7. The largest absolute Gasteiger partial charge is 0.476 e. The predicted molar refractivity (Wildman–Crippen MR) is 111 cm³/mol. The summed E-state index contributed by atoms with van der Waals surface area (Å²) in [5, 5.41) is 2.74. The lowest BCUT2D eigenvalue weighted by molar-refractivity contribution is -0.127. The van der Waals surface area contributed by atoms with Crippen molar-refractivity contribution in [2.24, 2.45) is 0 Å². The lowest BCUT2D eigenvalue weighted by Gasteiger charge is -2.34. The smallest absolute Gasteiger partial charge is 0.338 e. The van der Waals surface area contributed by atoms with E-state index < -0.39 is 22.1 Å². The third kappa shape index (κ3) is 4.40. The minimum Gasteiger partial charge on any atom is -0.476 e. The number of nitrogens with zero attached hydrogens (tertiary/aromatic N) is 1. The highest BCUT2D eigenvalue weighted by atomic mass is 32.2. The van der Waals surface area contributed by atoms with Gasteiger partial charge in [0.2, 0.25) is 0 Å². The second-order valence-corrected chi connectivity index (χ2v) is 8.51. The number of sulfonamides is 1. The van der Waals surface area contributed by atoms with Gasteiger partial charge in [-0.1, -0.05) is 19.1 Å². The van der Waals surface area contributed by atoms with Crippen LogP contribution in [0.2, 0.25) is 0 Å². The SMILES string of the molecule is CCCNC(=O)[C@H]1CN(S(=O)(=O)c2ccc(C(=O)OCC)cc2)c2ccccc2O1. The van der Waals surface area contributed by atoms with Crippen LogP contribution in [0.1, 0.15) is 30.6 Å². The van der Waals surface area contributed by atoms with Gasteiger partial charge < -0.3 is 14.8 Å². The molecule has 8 nitrogen and oxygen atoms in total.